The Bertz CT molecular complexity index is 73.4. The summed E-state index contributed by atoms with van der Waals surface area (Å²) in [6.07, 6.45) is 1.57. The first kappa shape index (κ1) is 4.36. The van der Waals surface area contributed by atoms with Crippen molar-refractivity contribution in [1.82, 2.24) is 0 Å². The molecule has 0 heterocycles. The Morgan fingerprint density at radius 2 is 2.40 bits per heavy atom. The van der Waals surface area contributed by atoms with Crippen molar-refractivity contribution in [3.8, 4) is 11.7 Å². The maximum absolute atomic E-state index is 3.38. The summed E-state index contributed by atoms with van der Waals surface area (Å²) in [6, 6.07) is 0. The van der Waals surface area contributed by atoms with Crippen molar-refractivity contribution in [1.29, 1.82) is 0 Å². The Labute approximate surface area is 33.3 Å². The highest BCUT2D eigenvalue weighted by molar-refractivity contribution is 6.22. The maximum atomic E-state index is 3.38. The molecule has 0 aliphatic heterocycles. The van der Waals surface area contributed by atoms with Crippen LogP contribution in [0.1, 0.15) is 0 Å². The van der Waals surface area contributed by atoms with Crippen LogP contribution in [0.2, 0.25) is 0 Å². The Kier molecular flexibility index (Phi) is 2.94. The molecule has 24 valence electrons. The van der Waals surface area contributed by atoms with Crippen LogP contribution in [-0.4, -0.2) is 7.85 Å². The van der Waals surface area contributed by atoms with Gasteiger partial charge in [0, 0.05) is 0 Å². The highest BCUT2D eigenvalue weighted by atomic mass is 13.4. The van der Waals surface area contributed by atoms with Gasteiger partial charge in [-0.2, -0.15) is 5.82 Å². The van der Waals surface area contributed by atoms with Crippen LogP contribution in [-0.2, 0) is 0 Å². The van der Waals surface area contributed by atoms with Crippen molar-refractivity contribution >= 4 is 7.85 Å². The summed E-state index contributed by atoms with van der Waals surface area (Å²) in [7, 11) is 1.78. The van der Waals surface area contributed by atoms with Crippen molar-refractivity contribution in [2.24, 2.45) is 0 Å². The molecule has 0 aliphatic rings. The van der Waals surface area contributed by atoms with Gasteiger partial charge in [-0.1, -0.05) is 12.5 Å². The Morgan fingerprint density at radius 1 is 1.80 bits per heavy atom. The predicted octanol–water partition coefficient (Wildman–Crippen LogP) is -0.234. The first-order valence-electron chi connectivity index (χ1n) is 1.45. The standard InChI is InChI=1S/C4H5B/c1-2-3-4-5/h2H,1,5H2. The molecule has 0 N–H and O–H groups in total. The van der Waals surface area contributed by atoms with Crippen LogP contribution in [0.15, 0.2) is 12.7 Å². The molecule has 0 saturated heterocycles. The minimum absolute atomic E-state index is 1.57. The van der Waals surface area contributed by atoms with Gasteiger partial charge in [0.05, 0.1) is 0 Å². The van der Waals surface area contributed by atoms with Crippen LogP contribution in [0, 0.1) is 11.7 Å². The molecule has 0 aromatic heterocycles. The molecule has 0 amide bonds. The van der Waals surface area contributed by atoms with Crippen LogP contribution in [0.5, 0.6) is 0 Å². The van der Waals surface area contributed by atoms with E-state index in [9.17, 15) is 0 Å². The van der Waals surface area contributed by atoms with Gasteiger partial charge >= 0.3 is 0 Å². The van der Waals surface area contributed by atoms with Crippen molar-refractivity contribution in [3.63, 3.8) is 0 Å². The molecule has 0 fully saturated rings. The monoisotopic (exact) mass is 64.0 g/mol. The normalized spacial score (nSPS) is 4.00. The van der Waals surface area contributed by atoms with E-state index < -0.39 is 0 Å². The SMILES string of the molecule is BC#CC=C. The quantitative estimate of drug-likeness (QED) is 0.269. The van der Waals surface area contributed by atoms with E-state index in [1.54, 1.807) is 13.9 Å². The van der Waals surface area contributed by atoms with E-state index in [1.165, 1.54) is 0 Å². The number of hydrogen-bond donors (Lipinski definition) is 0. The molecule has 0 spiro atoms. The Morgan fingerprint density at radius 3 is 2.40 bits per heavy atom. The number of rotatable bonds is 0. The average molecular weight is 63.9 g/mol. The van der Waals surface area contributed by atoms with E-state index in [4.69, 9.17) is 0 Å². The van der Waals surface area contributed by atoms with Crippen molar-refractivity contribution in [2.75, 3.05) is 0 Å². The van der Waals surface area contributed by atoms with Gasteiger partial charge in [-0.3, -0.25) is 0 Å². The van der Waals surface area contributed by atoms with Crippen LogP contribution in [0.4, 0.5) is 0 Å². The molecule has 0 rings (SSSR count). The topological polar surface area (TPSA) is 0 Å². The molecule has 0 bridgehead atoms. The third-order valence-corrected chi connectivity index (χ3v) is 0.246. The highest BCUT2D eigenvalue weighted by Gasteiger charge is 1.37. The van der Waals surface area contributed by atoms with Gasteiger partial charge in [0.25, 0.3) is 0 Å². The second-order valence-electron chi connectivity index (χ2n) is 0.598. The number of allylic oxidation sites excluding steroid dienone is 1. The summed E-state index contributed by atoms with van der Waals surface area (Å²) < 4.78 is 0. The Balaban J connectivity index is 3.16. The molecular formula is C4H5B. The predicted molar refractivity (Wildman–Crippen MR) is 26.5 cm³/mol. The molecule has 0 aliphatic carbocycles. The summed E-state index contributed by atoms with van der Waals surface area (Å²) >= 11 is 0. The fourth-order valence-corrected chi connectivity index (χ4v) is 0.102. The van der Waals surface area contributed by atoms with Gasteiger partial charge in [0.1, 0.15) is 0 Å². The summed E-state index contributed by atoms with van der Waals surface area (Å²) in [5.74, 6) is 5.27. The second kappa shape index (κ2) is 3.36. The van der Waals surface area contributed by atoms with E-state index in [0.717, 1.165) is 0 Å². The fraction of sp³-hybridized carbons (Fsp3) is 0. The number of hydrogen-bond acceptors (Lipinski definition) is 0. The van der Waals surface area contributed by atoms with E-state index in [0.29, 0.717) is 0 Å². The summed E-state index contributed by atoms with van der Waals surface area (Å²) in [5, 5.41) is 0. The van der Waals surface area contributed by atoms with Crippen LogP contribution < -0.4 is 0 Å². The lowest BCUT2D eigenvalue weighted by molar-refractivity contribution is 2.32. The minimum Gasteiger partial charge on any atom is -0.160 e. The lowest BCUT2D eigenvalue weighted by Crippen LogP contribution is -1.44. The summed E-state index contributed by atoms with van der Waals surface area (Å²) in [5.41, 5.74) is 0. The second-order valence-corrected chi connectivity index (χ2v) is 0.598. The third-order valence-electron chi connectivity index (χ3n) is 0.246. The van der Waals surface area contributed by atoms with Crippen LogP contribution in [0.25, 0.3) is 0 Å². The molecule has 0 aromatic rings. The molecule has 5 heavy (non-hydrogen) atoms. The van der Waals surface area contributed by atoms with Gasteiger partial charge < -0.3 is 0 Å². The van der Waals surface area contributed by atoms with Gasteiger partial charge in [0.15, 0.2) is 7.85 Å². The summed E-state index contributed by atoms with van der Waals surface area (Å²) in [4.78, 5) is 0. The maximum Gasteiger partial charge on any atom is 0.196 e. The van der Waals surface area contributed by atoms with Crippen LogP contribution >= 0.6 is 0 Å². The van der Waals surface area contributed by atoms with E-state index in [1.807, 2.05) is 0 Å². The minimum atomic E-state index is 1.57. The molecule has 0 saturated carbocycles. The Hall–Kier alpha value is -0.635. The molecule has 0 nitrogen and oxygen atoms in total. The van der Waals surface area contributed by atoms with Gasteiger partial charge in [-0.25, -0.2) is 0 Å². The summed E-state index contributed by atoms with van der Waals surface area (Å²) in [6.45, 7) is 3.38. The van der Waals surface area contributed by atoms with E-state index in [-0.39, 0.29) is 0 Å². The smallest absolute Gasteiger partial charge is 0.160 e. The third kappa shape index (κ3) is 3.36. The molecule has 0 aromatic carbocycles. The molecule has 0 atom stereocenters. The average Bonchev–Trinajstić information content (AvgIpc) is 1.41. The zero-order chi connectivity index (χ0) is 4.12. The first-order valence-corrected chi connectivity index (χ1v) is 1.45. The van der Waals surface area contributed by atoms with Crippen LogP contribution in [0.3, 0.4) is 0 Å². The fourth-order valence-electron chi connectivity index (χ4n) is 0.102. The molecular weight excluding hydrogens is 58.9 g/mol. The van der Waals surface area contributed by atoms with Gasteiger partial charge in [-0.05, 0) is 6.08 Å². The lowest BCUT2D eigenvalue weighted by Gasteiger charge is -1.47. The highest BCUT2D eigenvalue weighted by Crippen LogP contribution is 1.46. The zero-order valence-electron chi connectivity index (χ0n) is 3.28. The van der Waals surface area contributed by atoms with Gasteiger partial charge in [-0.15, -0.1) is 0 Å². The van der Waals surface area contributed by atoms with Crippen molar-refractivity contribution in [2.45, 2.75) is 0 Å². The van der Waals surface area contributed by atoms with E-state index >= 15 is 0 Å². The zero-order valence-corrected chi connectivity index (χ0v) is 3.28. The molecule has 1 heteroatoms. The first-order chi connectivity index (χ1) is 2.41. The molecule has 0 radical (unpaired) electrons. The largest absolute Gasteiger partial charge is 0.196 e. The molecule has 0 unspecified atom stereocenters. The van der Waals surface area contributed by atoms with Crippen molar-refractivity contribution < 1.29 is 0 Å². The van der Waals surface area contributed by atoms with Gasteiger partial charge in [0.2, 0.25) is 0 Å². The van der Waals surface area contributed by atoms with E-state index in [2.05, 4.69) is 18.3 Å². The lowest BCUT2D eigenvalue weighted by atomic mass is 10.2. The van der Waals surface area contributed by atoms with Crippen molar-refractivity contribution in [3.05, 3.63) is 12.7 Å².